The molecule has 0 aromatic rings. The second-order valence-electron chi connectivity index (χ2n) is 3.78. The fourth-order valence-electron chi connectivity index (χ4n) is 1.34. The lowest BCUT2D eigenvalue weighted by atomic mass is 10.1. The van der Waals surface area contributed by atoms with Crippen LogP contribution in [0.4, 0.5) is 0 Å². The predicted octanol–water partition coefficient (Wildman–Crippen LogP) is 2.76. The van der Waals surface area contributed by atoms with Crippen molar-refractivity contribution in [1.29, 1.82) is 0 Å². The summed E-state index contributed by atoms with van der Waals surface area (Å²) in [5.41, 5.74) is 0. The molecule has 0 saturated heterocycles. The molecular formula is C13H22O3S2. The molecule has 0 N–H and O–H groups in total. The lowest BCUT2D eigenvalue weighted by molar-refractivity contribution is -0.144. The number of carbonyl (C=O) groups is 3. The highest BCUT2D eigenvalue weighted by Gasteiger charge is 2.21. The van der Waals surface area contributed by atoms with E-state index in [9.17, 15) is 14.4 Å². The lowest BCUT2D eigenvalue weighted by Crippen LogP contribution is -2.23. The normalized spacial score (nSPS) is 10.3. The minimum absolute atomic E-state index is 0.210. The summed E-state index contributed by atoms with van der Waals surface area (Å²) in [5, 5.41) is 0. The molecule has 0 unspecified atom stereocenters. The second-order valence-corrected chi connectivity index (χ2v) is 6.56. The molecule has 0 atom stereocenters. The van der Waals surface area contributed by atoms with E-state index >= 15 is 0 Å². The molecule has 0 fully saturated rings. The van der Waals surface area contributed by atoms with E-state index in [-0.39, 0.29) is 12.8 Å². The summed E-state index contributed by atoms with van der Waals surface area (Å²) < 4.78 is 0. The predicted molar refractivity (Wildman–Crippen MR) is 79.5 cm³/mol. The van der Waals surface area contributed by atoms with E-state index in [1.54, 1.807) is 23.5 Å². The van der Waals surface area contributed by atoms with E-state index in [1.807, 2.05) is 0 Å². The molecule has 0 saturated carbocycles. The van der Waals surface area contributed by atoms with Gasteiger partial charge in [-0.1, -0.05) is 13.8 Å². The van der Waals surface area contributed by atoms with Crippen molar-refractivity contribution in [2.75, 3.05) is 23.0 Å². The first kappa shape index (κ1) is 17.7. The fourth-order valence-corrected chi connectivity index (χ4v) is 2.62. The molecule has 0 aromatic heterocycles. The lowest BCUT2D eigenvalue weighted by Gasteiger charge is -2.00. The molecule has 0 aromatic carbocycles. The number of hydrogen-bond donors (Lipinski definition) is 0. The summed E-state index contributed by atoms with van der Waals surface area (Å²) in [6.07, 6.45) is 1.78. The summed E-state index contributed by atoms with van der Waals surface area (Å²) in [7, 11) is 0. The molecule has 0 bridgehead atoms. The van der Waals surface area contributed by atoms with Crippen molar-refractivity contribution in [2.45, 2.75) is 39.5 Å². The molecular weight excluding hydrogens is 268 g/mol. The molecule has 18 heavy (non-hydrogen) atoms. The molecule has 104 valence electrons. The van der Waals surface area contributed by atoms with E-state index in [4.69, 9.17) is 0 Å². The smallest absolute Gasteiger partial charge is 0.264 e. The van der Waals surface area contributed by atoms with Gasteiger partial charge in [0.2, 0.25) is 11.6 Å². The summed E-state index contributed by atoms with van der Waals surface area (Å²) in [6.45, 7) is 4.10. The molecule has 5 heteroatoms. The van der Waals surface area contributed by atoms with Crippen molar-refractivity contribution in [3.05, 3.63) is 0 Å². The summed E-state index contributed by atoms with van der Waals surface area (Å²) in [5.74, 6) is 1.94. The first-order valence-corrected chi connectivity index (χ1v) is 8.70. The van der Waals surface area contributed by atoms with Crippen LogP contribution in [0.3, 0.4) is 0 Å². The van der Waals surface area contributed by atoms with Gasteiger partial charge in [0.25, 0.3) is 5.78 Å². The molecule has 0 radical (unpaired) electrons. The third kappa shape index (κ3) is 8.75. The van der Waals surface area contributed by atoms with Crippen molar-refractivity contribution >= 4 is 40.9 Å². The first-order chi connectivity index (χ1) is 8.63. The molecule has 0 aliphatic rings. The van der Waals surface area contributed by atoms with Crippen molar-refractivity contribution < 1.29 is 14.4 Å². The van der Waals surface area contributed by atoms with Crippen LogP contribution in [0.25, 0.3) is 0 Å². The summed E-state index contributed by atoms with van der Waals surface area (Å²) in [4.78, 5) is 34.4. The van der Waals surface area contributed by atoms with Crippen molar-refractivity contribution in [3.63, 3.8) is 0 Å². The standard InChI is InChI=1S/C13H22O3S2/c1-3-17-9-5-7-11(14)13(16)12(15)8-6-10-18-4-2/h3-10H2,1-2H3. The Morgan fingerprint density at radius 3 is 1.50 bits per heavy atom. The third-order valence-electron chi connectivity index (χ3n) is 2.30. The quantitative estimate of drug-likeness (QED) is 0.314. The van der Waals surface area contributed by atoms with Crippen molar-refractivity contribution in [1.82, 2.24) is 0 Å². The van der Waals surface area contributed by atoms with Crippen molar-refractivity contribution in [2.24, 2.45) is 0 Å². The van der Waals surface area contributed by atoms with Crippen LogP contribution >= 0.6 is 23.5 Å². The number of rotatable bonds is 12. The highest BCUT2D eigenvalue weighted by molar-refractivity contribution is 7.99. The second kappa shape index (κ2) is 11.8. The van der Waals surface area contributed by atoms with Crippen molar-refractivity contribution in [3.8, 4) is 0 Å². The fraction of sp³-hybridized carbons (Fsp3) is 0.769. The minimum atomic E-state index is -0.794. The Balaban J connectivity index is 3.76. The van der Waals surface area contributed by atoms with Gasteiger partial charge < -0.3 is 0 Å². The van der Waals surface area contributed by atoms with E-state index < -0.39 is 17.3 Å². The summed E-state index contributed by atoms with van der Waals surface area (Å²) in [6, 6.07) is 0. The van der Waals surface area contributed by atoms with Gasteiger partial charge >= 0.3 is 0 Å². The van der Waals surface area contributed by atoms with Gasteiger partial charge in [0.15, 0.2) is 0 Å². The van der Waals surface area contributed by atoms with Gasteiger partial charge in [-0.3, -0.25) is 14.4 Å². The maximum atomic E-state index is 11.5. The van der Waals surface area contributed by atoms with Gasteiger partial charge in [-0.2, -0.15) is 23.5 Å². The Morgan fingerprint density at radius 1 is 0.778 bits per heavy atom. The average Bonchev–Trinajstić information content (AvgIpc) is 2.38. The third-order valence-corrected chi connectivity index (χ3v) is 4.27. The molecule has 0 amide bonds. The van der Waals surface area contributed by atoms with Gasteiger partial charge in [0, 0.05) is 12.8 Å². The first-order valence-electron chi connectivity index (χ1n) is 6.39. The Morgan fingerprint density at radius 2 is 1.17 bits per heavy atom. The van der Waals surface area contributed by atoms with Crippen LogP contribution in [0.15, 0.2) is 0 Å². The highest BCUT2D eigenvalue weighted by atomic mass is 32.2. The summed E-state index contributed by atoms with van der Waals surface area (Å²) >= 11 is 3.48. The van der Waals surface area contributed by atoms with Gasteiger partial charge in [-0.25, -0.2) is 0 Å². The largest absolute Gasteiger partial charge is 0.290 e. The average molecular weight is 290 g/mol. The number of ketones is 3. The molecule has 0 spiro atoms. The van der Waals surface area contributed by atoms with E-state index in [2.05, 4.69) is 13.8 Å². The maximum Gasteiger partial charge on any atom is 0.264 e. The zero-order chi connectivity index (χ0) is 13.8. The van der Waals surface area contributed by atoms with Gasteiger partial charge in [0.1, 0.15) is 0 Å². The van der Waals surface area contributed by atoms with E-state index in [0.29, 0.717) is 12.8 Å². The topological polar surface area (TPSA) is 51.2 Å². The molecule has 0 rings (SSSR count). The SMILES string of the molecule is CCSCCCC(=O)C(=O)C(=O)CCCSCC. The van der Waals surface area contributed by atoms with Crippen LogP contribution in [0.5, 0.6) is 0 Å². The Bertz CT molecular complexity index is 251. The molecule has 0 heterocycles. The van der Waals surface area contributed by atoms with Gasteiger partial charge in [-0.15, -0.1) is 0 Å². The Kier molecular flexibility index (Phi) is 11.6. The Labute approximate surface area is 118 Å². The number of thioether (sulfide) groups is 2. The van der Waals surface area contributed by atoms with E-state index in [1.165, 1.54) is 0 Å². The molecule has 0 aliphatic carbocycles. The number of Topliss-reactive ketones (excluding diaryl/α,β-unsaturated/α-hetero) is 3. The monoisotopic (exact) mass is 290 g/mol. The van der Waals surface area contributed by atoms with Gasteiger partial charge in [0.05, 0.1) is 0 Å². The van der Waals surface area contributed by atoms with E-state index in [0.717, 1.165) is 23.0 Å². The van der Waals surface area contributed by atoms with Crippen LogP contribution < -0.4 is 0 Å². The maximum absolute atomic E-state index is 11.5. The van der Waals surface area contributed by atoms with Gasteiger partial charge in [-0.05, 0) is 35.9 Å². The highest BCUT2D eigenvalue weighted by Crippen LogP contribution is 2.07. The molecule has 0 aliphatic heterocycles. The zero-order valence-electron chi connectivity index (χ0n) is 11.2. The minimum Gasteiger partial charge on any atom is -0.290 e. The van der Waals surface area contributed by atoms with Crippen LogP contribution in [0, 0.1) is 0 Å². The number of carbonyl (C=O) groups excluding carboxylic acids is 3. The number of hydrogen-bond acceptors (Lipinski definition) is 5. The molecule has 3 nitrogen and oxygen atoms in total. The van der Waals surface area contributed by atoms with Crippen LogP contribution in [0.2, 0.25) is 0 Å². The van der Waals surface area contributed by atoms with Crippen LogP contribution in [-0.2, 0) is 14.4 Å². The zero-order valence-corrected chi connectivity index (χ0v) is 12.8. The van der Waals surface area contributed by atoms with Crippen LogP contribution in [0.1, 0.15) is 39.5 Å². The van der Waals surface area contributed by atoms with Crippen LogP contribution in [-0.4, -0.2) is 40.4 Å². The Hall–Kier alpha value is -0.290.